The molecule has 0 spiro atoms. The van der Waals surface area contributed by atoms with E-state index in [-0.39, 0.29) is 5.78 Å². The smallest absolute Gasteiger partial charge is 0.176 e. The number of nitrogens with zero attached hydrogens (tertiary/aromatic N) is 1. The Labute approximate surface area is 78.2 Å². The van der Waals surface area contributed by atoms with Crippen molar-refractivity contribution in [1.82, 2.24) is 4.90 Å². The van der Waals surface area contributed by atoms with Crippen molar-refractivity contribution in [3.8, 4) is 0 Å². The molecule has 0 amide bonds. The molecule has 1 radical (unpaired) electrons. The molecule has 2 heteroatoms. The van der Waals surface area contributed by atoms with Crippen molar-refractivity contribution in [3.05, 3.63) is 42.3 Å². The Morgan fingerprint density at radius 1 is 1.23 bits per heavy atom. The number of carbonyl (C=O) groups is 1. The molecule has 1 heterocycles. The second-order valence-electron chi connectivity index (χ2n) is 3.27. The molecule has 0 N–H and O–H groups in total. The minimum Gasteiger partial charge on any atom is -0.295 e. The number of Topliss-reactive ketones (excluding diaryl/α,β-unsaturated/α-hetero) is 1. The summed E-state index contributed by atoms with van der Waals surface area (Å²) < 4.78 is 0. The highest BCUT2D eigenvalue weighted by atomic mass is 16.1. The summed E-state index contributed by atoms with van der Waals surface area (Å²) in [6, 6.07) is 9.46. The lowest BCUT2D eigenvalue weighted by atomic mass is 10.1. The minimum absolute atomic E-state index is 0.216. The lowest BCUT2D eigenvalue weighted by Gasteiger charge is -2.29. The summed E-state index contributed by atoms with van der Waals surface area (Å²) in [5, 5.41) is 0. The zero-order valence-corrected chi connectivity index (χ0v) is 7.44. The van der Waals surface area contributed by atoms with Gasteiger partial charge in [-0.2, -0.15) is 0 Å². The quantitative estimate of drug-likeness (QED) is 0.645. The summed E-state index contributed by atoms with van der Waals surface area (Å²) >= 11 is 0. The van der Waals surface area contributed by atoms with Crippen molar-refractivity contribution in [2.45, 2.75) is 0 Å². The van der Waals surface area contributed by atoms with Gasteiger partial charge >= 0.3 is 0 Å². The van der Waals surface area contributed by atoms with E-state index in [4.69, 9.17) is 0 Å². The summed E-state index contributed by atoms with van der Waals surface area (Å²) in [6.07, 6.45) is 2.16. The van der Waals surface area contributed by atoms with Crippen LogP contribution in [0.4, 0.5) is 0 Å². The first kappa shape index (κ1) is 8.45. The zero-order valence-electron chi connectivity index (χ0n) is 7.44. The van der Waals surface area contributed by atoms with Gasteiger partial charge in [-0.15, -0.1) is 0 Å². The van der Waals surface area contributed by atoms with Gasteiger partial charge < -0.3 is 0 Å². The number of ketones is 1. The van der Waals surface area contributed by atoms with E-state index in [0.717, 1.165) is 18.7 Å². The molecule has 2 nitrogen and oxygen atoms in total. The van der Waals surface area contributed by atoms with E-state index in [1.54, 1.807) is 0 Å². The molecule has 0 unspecified atom stereocenters. The third kappa shape index (κ3) is 1.95. The van der Waals surface area contributed by atoms with E-state index >= 15 is 0 Å². The zero-order chi connectivity index (χ0) is 9.10. The van der Waals surface area contributed by atoms with Crippen LogP contribution in [0.2, 0.25) is 0 Å². The highest BCUT2D eigenvalue weighted by Crippen LogP contribution is 2.07. The number of carbonyl (C=O) groups excluding carboxylic acids is 1. The molecular formula is C11H12NO. The standard InChI is InChI=1S/C11H12NO/c13-11(9-12-7-4-8-12)10-5-2-1-3-6-10/h1-6H,7-9H2. The Kier molecular flexibility index (Phi) is 2.41. The summed E-state index contributed by atoms with van der Waals surface area (Å²) in [5.41, 5.74) is 0.814. The maximum atomic E-state index is 11.6. The molecule has 2 rings (SSSR count). The average Bonchev–Trinajstić information content (AvgIpc) is 2.12. The van der Waals surface area contributed by atoms with Crippen molar-refractivity contribution < 1.29 is 4.79 Å². The third-order valence-electron chi connectivity index (χ3n) is 2.24. The van der Waals surface area contributed by atoms with Crippen LogP contribution in [-0.2, 0) is 0 Å². The fourth-order valence-corrected chi connectivity index (χ4v) is 1.36. The monoisotopic (exact) mass is 174 g/mol. The number of rotatable bonds is 3. The molecule has 1 aromatic rings. The summed E-state index contributed by atoms with van der Waals surface area (Å²) in [5.74, 6) is 0.216. The summed E-state index contributed by atoms with van der Waals surface area (Å²) in [6.45, 7) is 2.47. The Balaban J connectivity index is 1.97. The molecule has 0 bridgehead atoms. The second-order valence-corrected chi connectivity index (χ2v) is 3.27. The third-order valence-corrected chi connectivity index (χ3v) is 2.24. The van der Waals surface area contributed by atoms with Gasteiger partial charge in [0.25, 0.3) is 0 Å². The van der Waals surface area contributed by atoms with Gasteiger partial charge in [0, 0.05) is 18.7 Å². The predicted octanol–water partition coefficient (Wildman–Crippen LogP) is 1.39. The molecular weight excluding hydrogens is 162 g/mol. The molecule has 1 saturated heterocycles. The van der Waals surface area contributed by atoms with Gasteiger partial charge in [-0.05, 0) is 6.42 Å². The van der Waals surface area contributed by atoms with Gasteiger partial charge in [-0.1, -0.05) is 30.3 Å². The Bertz CT molecular complexity index is 290. The lowest BCUT2D eigenvalue weighted by molar-refractivity contribution is 0.0915. The first-order valence-electron chi connectivity index (χ1n) is 4.48. The summed E-state index contributed by atoms with van der Waals surface area (Å²) in [4.78, 5) is 13.7. The highest BCUT2D eigenvalue weighted by Gasteiger charge is 2.17. The van der Waals surface area contributed by atoms with Gasteiger partial charge in [0.1, 0.15) is 0 Å². The van der Waals surface area contributed by atoms with E-state index in [1.807, 2.05) is 30.3 Å². The van der Waals surface area contributed by atoms with Crippen LogP contribution in [-0.4, -0.2) is 30.3 Å². The Hall–Kier alpha value is -1.15. The molecule has 0 atom stereocenters. The van der Waals surface area contributed by atoms with Crippen LogP contribution in [0.25, 0.3) is 0 Å². The molecule has 1 fully saturated rings. The van der Waals surface area contributed by atoms with Crippen molar-refractivity contribution in [2.24, 2.45) is 0 Å². The molecule has 1 aromatic carbocycles. The minimum atomic E-state index is 0.216. The van der Waals surface area contributed by atoms with Crippen LogP contribution in [0, 0.1) is 6.42 Å². The summed E-state index contributed by atoms with van der Waals surface area (Å²) in [7, 11) is 0. The predicted molar refractivity (Wildman–Crippen MR) is 51.5 cm³/mol. The maximum Gasteiger partial charge on any atom is 0.176 e. The largest absolute Gasteiger partial charge is 0.295 e. The molecule has 0 aliphatic carbocycles. The van der Waals surface area contributed by atoms with Gasteiger partial charge in [0.15, 0.2) is 5.78 Å². The van der Waals surface area contributed by atoms with E-state index in [2.05, 4.69) is 11.3 Å². The van der Waals surface area contributed by atoms with Crippen molar-refractivity contribution in [2.75, 3.05) is 19.6 Å². The number of benzene rings is 1. The fourth-order valence-electron chi connectivity index (χ4n) is 1.36. The first-order chi connectivity index (χ1) is 6.36. The van der Waals surface area contributed by atoms with Crippen LogP contribution in [0.3, 0.4) is 0 Å². The van der Waals surface area contributed by atoms with Crippen LogP contribution in [0.1, 0.15) is 10.4 Å². The number of likely N-dealkylation sites (tertiary alicyclic amines) is 1. The van der Waals surface area contributed by atoms with Gasteiger partial charge in [0.2, 0.25) is 0 Å². The Morgan fingerprint density at radius 3 is 2.46 bits per heavy atom. The van der Waals surface area contributed by atoms with Crippen LogP contribution < -0.4 is 0 Å². The fraction of sp³-hybridized carbons (Fsp3) is 0.273. The normalized spacial score (nSPS) is 16.6. The van der Waals surface area contributed by atoms with E-state index in [1.165, 1.54) is 0 Å². The van der Waals surface area contributed by atoms with E-state index < -0.39 is 0 Å². The molecule has 13 heavy (non-hydrogen) atoms. The van der Waals surface area contributed by atoms with E-state index in [9.17, 15) is 4.79 Å². The average molecular weight is 174 g/mol. The van der Waals surface area contributed by atoms with Crippen molar-refractivity contribution >= 4 is 5.78 Å². The topological polar surface area (TPSA) is 20.3 Å². The first-order valence-corrected chi connectivity index (χ1v) is 4.48. The molecule has 1 aliphatic rings. The molecule has 1 aliphatic heterocycles. The van der Waals surface area contributed by atoms with Crippen molar-refractivity contribution in [3.63, 3.8) is 0 Å². The number of hydrogen-bond donors (Lipinski definition) is 0. The van der Waals surface area contributed by atoms with Crippen LogP contribution in [0.15, 0.2) is 30.3 Å². The molecule has 0 saturated carbocycles. The van der Waals surface area contributed by atoms with Crippen molar-refractivity contribution in [1.29, 1.82) is 0 Å². The van der Waals surface area contributed by atoms with Gasteiger partial charge in [0.05, 0.1) is 6.54 Å². The second kappa shape index (κ2) is 3.71. The Morgan fingerprint density at radius 2 is 1.92 bits per heavy atom. The van der Waals surface area contributed by atoms with E-state index in [0.29, 0.717) is 6.54 Å². The number of hydrogen-bond acceptors (Lipinski definition) is 2. The molecule has 0 aromatic heterocycles. The van der Waals surface area contributed by atoms with Gasteiger partial charge in [-0.25, -0.2) is 0 Å². The van der Waals surface area contributed by atoms with Gasteiger partial charge in [-0.3, -0.25) is 9.69 Å². The highest BCUT2D eigenvalue weighted by molar-refractivity contribution is 5.97. The SMILES string of the molecule is O=C(CN1C[CH]C1)c1ccccc1. The van der Waals surface area contributed by atoms with Crippen LogP contribution >= 0.6 is 0 Å². The lowest BCUT2D eigenvalue weighted by Crippen LogP contribution is -2.41. The maximum absolute atomic E-state index is 11.6. The van der Waals surface area contributed by atoms with Crippen LogP contribution in [0.5, 0.6) is 0 Å². The molecule has 67 valence electrons.